The quantitative estimate of drug-likeness (QED) is 0.267. The van der Waals surface area contributed by atoms with Crippen molar-refractivity contribution in [2.75, 3.05) is 5.01 Å². The first kappa shape index (κ1) is 20.4. The van der Waals surface area contributed by atoms with Crippen molar-refractivity contribution >= 4 is 34.4 Å². The van der Waals surface area contributed by atoms with Gasteiger partial charge in [0.05, 0.1) is 17.9 Å². The average molecular weight is 444 g/mol. The Morgan fingerprint density at radius 3 is 2.39 bits per heavy atom. The van der Waals surface area contributed by atoms with Crippen molar-refractivity contribution < 1.29 is 4.79 Å². The maximum Gasteiger partial charge on any atom is 0.332 e. The van der Waals surface area contributed by atoms with Gasteiger partial charge in [0.25, 0.3) is 11.5 Å². The lowest BCUT2D eigenvalue weighted by molar-refractivity contribution is -0.121. The van der Waals surface area contributed by atoms with Crippen LogP contribution in [0.2, 0.25) is 0 Å². The monoisotopic (exact) mass is 444 g/mol. The van der Waals surface area contributed by atoms with E-state index in [1.165, 1.54) is 11.6 Å². The van der Waals surface area contributed by atoms with Crippen LogP contribution in [0.4, 0.5) is 11.6 Å². The van der Waals surface area contributed by atoms with E-state index in [0.717, 1.165) is 15.8 Å². The lowest BCUT2D eigenvalue weighted by Crippen LogP contribution is -2.45. The van der Waals surface area contributed by atoms with E-state index in [2.05, 4.69) is 4.98 Å². The van der Waals surface area contributed by atoms with Gasteiger partial charge in [-0.2, -0.15) is 15.1 Å². The molecule has 2 aromatic carbocycles. The normalized spacial score (nSPS) is 13.0. The molecule has 11 heteroatoms. The molecule has 3 N–H and O–H groups in total. The summed E-state index contributed by atoms with van der Waals surface area (Å²) in [6.45, 7) is -0.240. The Morgan fingerprint density at radius 2 is 1.73 bits per heavy atom. The van der Waals surface area contributed by atoms with E-state index in [-0.39, 0.29) is 17.7 Å². The number of carbonyl (C=O) groups is 1. The predicted molar refractivity (Wildman–Crippen MR) is 123 cm³/mol. The highest BCUT2D eigenvalue weighted by Gasteiger charge is 2.29. The van der Waals surface area contributed by atoms with Gasteiger partial charge in [0.1, 0.15) is 6.54 Å². The Morgan fingerprint density at radius 1 is 1.06 bits per heavy atom. The molecule has 0 saturated carbocycles. The number of para-hydroxylation sites is 1. The summed E-state index contributed by atoms with van der Waals surface area (Å²) in [6.07, 6.45) is 0. The smallest absolute Gasteiger partial charge is 0.296 e. The van der Waals surface area contributed by atoms with Crippen molar-refractivity contribution in [1.82, 2.24) is 24.1 Å². The first-order chi connectivity index (χ1) is 16.0. The third-order valence-corrected chi connectivity index (χ3v) is 5.50. The van der Waals surface area contributed by atoms with E-state index in [9.17, 15) is 14.4 Å². The van der Waals surface area contributed by atoms with E-state index in [4.69, 9.17) is 10.9 Å². The van der Waals surface area contributed by atoms with Crippen molar-refractivity contribution in [2.24, 2.45) is 18.0 Å². The van der Waals surface area contributed by atoms with Gasteiger partial charge in [-0.3, -0.25) is 24.1 Å². The highest BCUT2D eigenvalue weighted by atomic mass is 16.2. The number of nitrogens with zero attached hydrogens (tertiary/aromatic N) is 6. The molecule has 1 aliphatic heterocycles. The molecule has 0 fully saturated rings. The lowest BCUT2D eigenvalue weighted by Gasteiger charge is -2.26. The van der Waals surface area contributed by atoms with Gasteiger partial charge in [-0.05, 0) is 17.7 Å². The Labute approximate surface area is 187 Å². The number of benzene rings is 2. The van der Waals surface area contributed by atoms with Crippen LogP contribution in [0, 0.1) is 0 Å². The van der Waals surface area contributed by atoms with Crippen molar-refractivity contribution in [3.63, 3.8) is 0 Å². The summed E-state index contributed by atoms with van der Waals surface area (Å²) in [7, 11) is 1.51. The van der Waals surface area contributed by atoms with Crippen LogP contribution in [0.25, 0.3) is 11.2 Å². The van der Waals surface area contributed by atoms with Crippen molar-refractivity contribution in [1.29, 1.82) is 0 Å². The minimum Gasteiger partial charge on any atom is -0.296 e. The fraction of sp³-hybridized carbons (Fsp3) is 0.136. The summed E-state index contributed by atoms with van der Waals surface area (Å²) in [5.41, 5.74) is 3.41. The number of rotatable bonds is 4. The van der Waals surface area contributed by atoms with Crippen molar-refractivity contribution in [3.05, 3.63) is 87.1 Å². The van der Waals surface area contributed by atoms with E-state index >= 15 is 0 Å². The minimum absolute atomic E-state index is 0.196. The Balaban J connectivity index is 1.79. The van der Waals surface area contributed by atoms with Gasteiger partial charge in [0.15, 0.2) is 11.2 Å². The number of nitrogens with one attached hydrogen (secondary N) is 1. The van der Waals surface area contributed by atoms with Crippen LogP contribution in [0.1, 0.15) is 5.56 Å². The highest BCUT2D eigenvalue weighted by Crippen LogP contribution is 2.31. The summed E-state index contributed by atoms with van der Waals surface area (Å²) >= 11 is 0. The Hall–Kier alpha value is -4.51. The number of imidazole rings is 1. The Bertz CT molecular complexity index is 1520. The van der Waals surface area contributed by atoms with Crippen LogP contribution in [-0.4, -0.2) is 30.3 Å². The molecule has 0 bridgehead atoms. The van der Waals surface area contributed by atoms with E-state index in [1.807, 2.05) is 66.1 Å². The molecule has 0 aliphatic carbocycles. The number of fused-ring (bicyclic) bond motifs is 3. The van der Waals surface area contributed by atoms with E-state index < -0.39 is 23.7 Å². The number of anilines is 2. The Kier molecular flexibility index (Phi) is 4.87. The molecule has 0 unspecified atom stereocenters. The van der Waals surface area contributed by atoms with Crippen molar-refractivity contribution in [3.8, 4) is 0 Å². The van der Waals surface area contributed by atoms with Gasteiger partial charge in [-0.15, -0.1) is 0 Å². The SMILES string of the molecule is Cn1c(=O)n(CC(=O)NN)c(=O)c2c1nc1n2CC(c2ccccc2)=NN1c1ccccc1. The second-order valence-electron chi connectivity index (χ2n) is 7.53. The van der Waals surface area contributed by atoms with E-state index in [1.54, 1.807) is 9.58 Å². The summed E-state index contributed by atoms with van der Waals surface area (Å²) < 4.78 is 3.81. The molecular weight excluding hydrogens is 424 g/mol. The van der Waals surface area contributed by atoms with Crippen LogP contribution in [0.3, 0.4) is 0 Å². The lowest BCUT2D eigenvalue weighted by atomic mass is 10.1. The summed E-state index contributed by atoms with van der Waals surface area (Å²) in [6, 6.07) is 19.0. The zero-order chi connectivity index (χ0) is 23.1. The number of hydrogen-bond acceptors (Lipinski definition) is 7. The number of aryl methyl sites for hydroxylation is 1. The van der Waals surface area contributed by atoms with Gasteiger partial charge in [-0.25, -0.2) is 15.2 Å². The first-order valence-electron chi connectivity index (χ1n) is 10.2. The van der Waals surface area contributed by atoms with E-state index in [0.29, 0.717) is 11.7 Å². The molecule has 3 heterocycles. The van der Waals surface area contributed by atoms with Gasteiger partial charge in [0, 0.05) is 7.05 Å². The molecule has 2 aromatic heterocycles. The molecule has 1 amide bonds. The van der Waals surface area contributed by atoms with Crippen LogP contribution in [-0.2, 0) is 24.9 Å². The molecule has 5 rings (SSSR count). The third kappa shape index (κ3) is 3.31. The van der Waals surface area contributed by atoms with Crippen molar-refractivity contribution in [2.45, 2.75) is 13.1 Å². The number of hydrazine groups is 1. The zero-order valence-corrected chi connectivity index (χ0v) is 17.7. The van der Waals surface area contributed by atoms with Crippen LogP contribution < -0.4 is 27.5 Å². The number of hydrogen-bond donors (Lipinski definition) is 2. The molecule has 4 aromatic rings. The standard InChI is InChI=1S/C22H20N8O3/c1-27-19-18(20(32)29(22(27)33)13-17(31)25-23)28-12-16(14-8-4-2-5-9-14)26-30(21(28)24-19)15-10-6-3-7-11-15/h2-11H,12-13,23H2,1H3,(H,25,31). The molecule has 0 atom stereocenters. The second-order valence-corrected chi connectivity index (χ2v) is 7.53. The molecule has 166 valence electrons. The fourth-order valence-corrected chi connectivity index (χ4v) is 3.87. The zero-order valence-electron chi connectivity index (χ0n) is 17.7. The predicted octanol–water partition coefficient (Wildman–Crippen LogP) is 0.443. The number of carbonyl (C=O) groups excluding carboxylic acids is 1. The topological polar surface area (TPSA) is 133 Å². The largest absolute Gasteiger partial charge is 0.332 e. The molecule has 0 saturated heterocycles. The van der Waals surface area contributed by atoms with Crippen LogP contribution >= 0.6 is 0 Å². The number of nitrogens with two attached hydrogens (primary N) is 1. The molecule has 0 spiro atoms. The average Bonchev–Trinajstić information content (AvgIpc) is 3.25. The van der Waals surface area contributed by atoms with Gasteiger partial charge < -0.3 is 0 Å². The summed E-state index contributed by atoms with van der Waals surface area (Å²) in [5, 5.41) is 6.46. The molecule has 0 radical (unpaired) electrons. The van der Waals surface area contributed by atoms with Gasteiger partial charge >= 0.3 is 5.69 Å². The third-order valence-electron chi connectivity index (χ3n) is 5.50. The van der Waals surface area contributed by atoms with Gasteiger partial charge in [0.2, 0.25) is 5.95 Å². The molecular formula is C22H20N8O3. The summed E-state index contributed by atoms with van der Waals surface area (Å²) in [4.78, 5) is 42.6. The first-order valence-corrected chi connectivity index (χ1v) is 10.2. The fourth-order valence-electron chi connectivity index (χ4n) is 3.87. The van der Waals surface area contributed by atoms with Crippen LogP contribution in [0.5, 0.6) is 0 Å². The number of hydrazone groups is 1. The number of aromatic nitrogens is 4. The molecule has 1 aliphatic rings. The maximum atomic E-state index is 13.4. The van der Waals surface area contributed by atoms with Gasteiger partial charge in [-0.1, -0.05) is 48.5 Å². The maximum absolute atomic E-state index is 13.4. The summed E-state index contributed by atoms with van der Waals surface area (Å²) in [5.74, 6) is 4.89. The minimum atomic E-state index is -0.665. The molecule has 11 nitrogen and oxygen atoms in total. The highest BCUT2D eigenvalue weighted by molar-refractivity contribution is 6.03. The molecule has 33 heavy (non-hydrogen) atoms. The number of amides is 1. The van der Waals surface area contributed by atoms with Crippen LogP contribution in [0.15, 0.2) is 75.4 Å². The second kappa shape index (κ2) is 7.88.